The molecule has 1 N–H and O–H groups in total. The summed E-state index contributed by atoms with van der Waals surface area (Å²) in [5.74, 6) is 0.903. The van der Waals surface area contributed by atoms with E-state index in [4.69, 9.17) is 11.3 Å². The number of aromatic nitrogens is 3. The predicted octanol–water partition coefficient (Wildman–Crippen LogP) is 5.51. The van der Waals surface area contributed by atoms with Crippen molar-refractivity contribution in [2.75, 3.05) is 38.2 Å². The molecule has 7 nitrogen and oxygen atoms in total. The van der Waals surface area contributed by atoms with Gasteiger partial charge in [0.1, 0.15) is 12.4 Å². The third-order valence-electron chi connectivity index (χ3n) is 7.42. The number of pyridine rings is 1. The van der Waals surface area contributed by atoms with Crippen LogP contribution in [-0.2, 0) is 0 Å². The lowest BCUT2D eigenvalue weighted by Crippen LogP contribution is -2.56. The van der Waals surface area contributed by atoms with E-state index in [1.54, 1.807) is 0 Å². The topological polar surface area (TPSA) is 61.6 Å². The fraction of sp³-hybridized carbons (Fsp3) is 0.207. The molecule has 5 aromatic rings. The van der Waals surface area contributed by atoms with Crippen molar-refractivity contribution in [2.24, 2.45) is 0 Å². The second-order valence-electron chi connectivity index (χ2n) is 9.61. The number of hydrogen-bond donors (Lipinski definition) is 1. The maximum atomic E-state index is 7.83. The van der Waals surface area contributed by atoms with Gasteiger partial charge < -0.3 is 14.5 Å². The molecule has 3 aromatic carbocycles. The van der Waals surface area contributed by atoms with Crippen LogP contribution < -0.4 is 9.64 Å². The number of hydrogen-bond acceptors (Lipinski definition) is 5. The number of likely N-dealkylation sites (N-methyl/N-ethyl adjacent to an activating group) is 1. The summed E-state index contributed by atoms with van der Waals surface area (Å²) >= 11 is 0. The summed E-state index contributed by atoms with van der Waals surface area (Å²) < 4.78 is 6.22. The first-order valence-corrected chi connectivity index (χ1v) is 12.1. The number of rotatable bonds is 2. The summed E-state index contributed by atoms with van der Waals surface area (Å²) in [5, 5.41) is 10.9. The Bertz CT molecular complexity index is 1680. The first-order valence-electron chi connectivity index (χ1n) is 12.1. The van der Waals surface area contributed by atoms with Crippen LogP contribution in [0.4, 0.5) is 11.4 Å². The van der Waals surface area contributed by atoms with Crippen molar-refractivity contribution in [3.05, 3.63) is 78.4 Å². The first-order chi connectivity index (χ1) is 17.7. The highest BCUT2D eigenvalue weighted by Crippen LogP contribution is 2.42. The molecule has 2 aliphatic rings. The molecule has 0 radical (unpaired) electrons. The van der Waals surface area contributed by atoms with E-state index in [2.05, 4.69) is 67.2 Å². The van der Waals surface area contributed by atoms with Crippen molar-refractivity contribution in [3.63, 3.8) is 0 Å². The first kappa shape index (κ1) is 20.9. The summed E-state index contributed by atoms with van der Waals surface area (Å²) in [7, 11) is 2.17. The maximum absolute atomic E-state index is 7.83. The van der Waals surface area contributed by atoms with Crippen LogP contribution in [-0.4, -0.2) is 59.4 Å². The van der Waals surface area contributed by atoms with E-state index in [1.165, 1.54) is 0 Å². The lowest BCUT2D eigenvalue weighted by atomic mass is 9.96. The zero-order valence-corrected chi connectivity index (χ0v) is 19.9. The number of benzene rings is 3. The molecule has 0 spiro atoms. The second-order valence-corrected chi connectivity index (χ2v) is 9.61. The third kappa shape index (κ3) is 3.23. The van der Waals surface area contributed by atoms with Crippen LogP contribution >= 0.6 is 0 Å². The van der Waals surface area contributed by atoms with E-state index in [9.17, 15) is 0 Å². The Balaban J connectivity index is 1.35. The number of nitrogens with zero attached hydrogens (tertiary/aromatic N) is 5. The Kier molecular flexibility index (Phi) is 4.69. The molecule has 2 aliphatic heterocycles. The molecule has 36 heavy (non-hydrogen) atoms. The van der Waals surface area contributed by atoms with Crippen LogP contribution in [0, 0.1) is 6.57 Å². The maximum Gasteiger partial charge on any atom is 0.197 e. The average molecular weight is 473 g/mol. The fourth-order valence-electron chi connectivity index (χ4n) is 5.58. The van der Waals surface area contributed by atoms with Crippen molar-refractivity contribution in [3.8, 4) is 28.1 Å². The van der Waals surface area contributed by atoms with Gasteiger partial charge in [0, 0.05) is 48.4 Å². The summed E-state index contributed by atoms with van der Waals surface area (Å²) in [5.41, 5.74) is 6.21. The van der Waals surface area contributed by atoms with Gasteiger partial charge in [-0.1, -0.05) is 36.4 Å². The highest BCUT2D eigenvalue weighted by atomic mass is 16.5. The number of ether oxygens (including phenoxy) is 1. The minimum absolute atomic E-state index is 0.386. The molecule has 0 amide bonds. The highest BCUT2D eigenvalue weighted by molar-refractivity contribution is 6.05. The lowest BCUT2D eigenvalue weighted by Gasteiger charge is -2.44. The Morgan fingerprint density at radius 3 is 2.86 bits per heavy atom. The van der Waals surface area contributed by atoms with Gasteiger partial charge >= 0.3 is 0 Å². The fourth-order valence-corrected chi connectivity index (χ4v) is 5.58. The number of aromatic amines is 1. The molecule has 7 rings (SSSR count). The molecule has 7 heteroatoms. The van der Waals surface area contributed by atoms with E-state index in [0.29, 0.717) is 18.3 Å². The summed E-state index contributed by atoms with van der Waals surface area (Å²) in [6.45, 7) is 11.6. The number of H-pyrrole nitrogens is 1. The van der Waals surface area contributed by atoms with Gasteiger partial charge in [0.05, 0.1) is 29.5 Å². The predicted molar refractivity (Wildman–Crippen MR) is 143 cm³/mol. The Morgan fingerprint density at radius 1 is 1.03 bits per heavy atom. The Morgan fingerprint density at radius 2 is 1.94 bits per heavy atom. The average Bonchev–Trinajstić information content (AvgIpc) is 3.34. The van der Waals surface area contributed by atoms with Crippen molar-refractivity contribution >= 4 is 33.1 Å². The minimum Gasteiger partial charge on any atom is -0.489 e. The van der Waals surface area contributed by atoms with Gasteiger partial charge in [0.2, 0.25) is 0 Å². The monoisotopic (exact) mass is 472 g/mol. The van der Waals surface area contributed by atoms with Crippen LogP contribution in [0.15, 0.2) is 67.0 Å². The summed E-state index contributed by atoms with van der Waals surface area (Å²) in [6.07, 6.45) is 3.70. The van der Waals surface area contributed by atoms with Gasteiger partial charge in [-0.25, -0.2) is 4.85 Å². The molecular formula is C29H24N6O. The highest BCUT2D eigenvalue weighted by Gasteiger charge is 2.32. The zero-order chi connectivity index (χ0) is 24.2. The van der Waals surface area contributed by atoms with E-state index >= 15 is 0 Å². The quantitative estimate of drug-likeness (QED) is 0.343. The van der Waals surface area contributed by atoms with Crippen LogP contribution in [0.25, 0.3) is 48.9 Å². The molecule has 1 atom stereocenters. The largest absolute Gasteiger partial charge is 0.489 e. The Labute approximate surface area is 208 Å². The van der Waals surface area contributed by atoms with Gasteiger partial charge in [0.15, 0.2) is 5.69 Å². The third-order valence-corrected chi connectivity index (χ3v) is 7.42. The molecule has 176 valence electrons. The van der Waals surface area contributed by atoms with Gasteiger partial charge in [-0.05, 0) is 41.8 Å². The number of nitrogens with one attached hydrogen (secondary N) is 1. The van der Waals surface area contributed by atoms with Crippen LogP contribution in [0.2, 0.25) is 0 Å². The molecular weight excluding hydrogens is 448 g/mol. The van der Waals surface area contributed by atoms with Crippen LogP contribution in [0.3, 0.4) is 0 Å². The lowest BCUT2D eigenvalue weighted by molar-refractivity contribution is 0.188. The minimum atomic E-state index is 0.386. The molecule has 1 fully saturated rings. The van der Waals surface area contributed by atoms with Crippen LogP contribution in [0.1, 0.15) is 0 Å². The van der Waals surface area contributed by atoms with Crippen molar-refractivity contribution < 1.29 is 4.74 Å². The van der Waals surface area contributed by atoms with Gasteiger partial charge in [0.25, 0.3) is 0 Å². The summed E-state index contributed by atoms with van der Waals surface area (Å²) in [6, 6.07) is 18.9. The molecule has 4 heterocycles. The van der Waals surface area contributed by atoms with E-state index < -0.39 is 0 Å². The van der Waals surface area contributed by atoms with Gasteiger partial charge in [-0.15, -0.1) is 0 Å². The van der Waals surface area contributed by atoms with Crippen molar-refractivity contribution in [1.29, 1.82) is 0 Å². The molecule has 1 unspecified atom stereocenters. The smallest absolute Gasteiger partial charge is 0.197 e. The zero-order valence-electron chi connectivity index (χ0n) is 19.9. The number of fused-ring (bicyclic) bond motifs is 5. The second kappa shape index (κ2) is 8.08. The Hall–Kier alpha value is -4.41. The van der Waals surface area contributed by atoms with E-state index in [-0.39, 0.29) is 0 Å². The molecule has 0 saturated carbocycles. The number of piperazine rings is 1. The van der Waals surface area contributed by atoms with Gasteiger partial charge in [-0.3, -0.25) is 10.1 Å². The molecule has 2 aromatic heterocycles. The molecule has 0 aliphatic carbocycles. The van der Waals surface area contributed by atoms with E-state index in [1.807, 2.05) is 36.7 Å². The SMILES string of the molecule is [C-]#[N+]c1cc2[nH]nc(-c3ccc4c(c3)OCC3CN(C)CCN43)c2cc1-c1cncc2ccccc12. The molecule has 0 bridgehead atoms. The van der Waals surface area contributed by atoms with E-state index in [0.717, 1.165) is 75.1 Å². The number of anilines is 1. The van der Waals surface area contributed by atoms with Crippen molar-refractivity contribution in [1.82, 2.24) is 20.1 Å². The normalized spacial score (nSPS) is 17.4. The summed E-state index contributed by atoms with van der Waals surface area (Å²) in [4.78, 5) is 13.1. The van der Waals surface area contributed by atoms with Crippen LogP contribution in [0.5, 0.6) is 5.75 Å². The van der Waals surface area contributed by atoms with Gasteiger partial charge in [-0.2, -0.15) is 5.10 Å². The molecule has 1 saturated heterocycles. The van der Waals surface area contributed by atoms with Crippen molar-refractivity contribution in [2.45, 2.75) is 6.04 Å². The standard InChI is InChI=1S/C29H24N6O/c1-30-25-13-26-23(12-22(25)24-15-31-14-19-5-3-4-6-21(19)24)29(33-32-26)18-7-8-27-28(11-18)36-17-20-16-34(2)9-10-35(20)27/h3-8,11-15,20H,9-10,16-17H2,2H3,(H,32,33).